The molecule has 1 aliphatic heterocycles. The lowest BCUT2D eigenvalue weighted by Crippen LogP contribution is -2.39. The van der Waals surface area contributed by atoms with E-state index in [1.807, 2.05) is 22.6 Å². The summed E-state index contributed by atoms with van der Waals surface area (Å²) >= 11 is 0. The third-order valence-corrected chi connectivity index (χ3v) is 5.53. The number of likely N-dealkylation sites (tertiary alicyclic amines) is 1. The summed E-state index contributed by atoms with van der Waals surface area (Å²) in [7, 11) is 0. The Morgan fingerprint density at radius 2 is 1.92 bits per heavy atom. The molecule has 144 valence electrons. The first-order valence-electron chi connectivity index (χ1n) is 10.1. The molecule has 1 aliphatic carbocycles. The molecule has 6 heteroatoms. The highest BCUT2D eigenvalue weighted by atomic mass is 16.2. The van der Waals surface area contributed by atoms with Gasteiger partial charge >= 0.3 is 0 Å². The minimum absolute atomic E-state index is 0.0937. The van der Waals surface area contributed by atoms with Crippen molar-refractivity contribution in [1.82, 2.24) is 20.0 Å². The Morgan fingerprint density at radius 1 is 1.23 bits per heavy atom. The molecule has 6 nitrogen and oxygen atoms in total. The van der Waals surface area contributed by atoms with Crippen LogP contribution >= 0.6 is 0 Å². The van der Waals surface area contributed by atoms with Gasteiger partial charge in [-0.25, -0.2) is 0 Å². The van der Waals surface area contributed by atoms with Crippen molar-refractivity contribution in [3.8, 4) is 0 Å². The largest absolute Gasteiger partial charge is 0.353 e. The van der Waals surface area contributed by atoms with Crippen LogP contribution in [0.5, 0.6) is 0 Å². The van der Waals surface area contributed by atoms with Gasteiger partial charge < -0.3 is 10.2 Å². The number of nitrogens with zero attached hydrogens (tertiary/aromatic N) is 3. The van der Waals surface area contributed by atoms with Crippen molar-refractivity contribution in [2.75, 3.05) is 13.1 Å². The van der Waals surface area contributed by atoms with E-state index in [4.69, 9.17) is 0 Å². The van der Waals surface area contributed by atoms with Gasteiger partial charge in [-0.05, 0) is 56.9 Å². The van der Waals surface area contributed by atoms with Gasteiger partial charge in [0.25, 0.3) is 5.91 Å². The van der Waals surface area contributed by atoms with Gasteiger partial charge in [-0.15, -0.1) is 0 Å². The first-order valence-corrected chi connectivity index (χ1v) is 10.1. The van der Waals surface area contributed by atoms with Gasteiger partial charge in [0.15, 0.2) is 0 Å². The summed E-state index contributed by atoms with van der Waals surface area (Å²) in [5.41, 5.74) is 1.69. The third kappa shape index (κ3) is 4.65. The number of aromatic nitrogens is 2. The van der Waals surface area contributed by atoms with E-state index in [1.165, 1.54) is 0 Å². The number of aryl methyl sites for hydroxylation is 1. The predicted octanol–water partition coefficient (Wildman–Crippen LogP) is 2.94. The molecule has 2 heterocycles. The molecule has 0 atom stereocenters. The zero-order chi connectivity index (χ0) is 18.7. The Hall–Kier alpha value is -1.85. The summed E-state index contributed by atoms with van der Waals surface area (Å²) < 4.78 is 1.83. The maximum absolute atomic E-state index is 12.9. The highest BCUT2D eigenvalue weighted by Crippen LogP contribution is 2.25. The van der Waals surface area contributed by atoms with Gasteiger partial charge in [-0.3, -0.25) is 14.3 Å². The highest BCUT2D eigenvalue weighted by Gasteiger charge is 2.27. The molecule has 1 N–H and O–H groups in total. The smallest absolute Gasteiger partial charge is 0.272 e. The topological polar surface area (TPSA) is 67.2 Å². The van der Waals surface area contributed by atoms with Crippen molar-refractivity contribution < 1.29 is 9.59 Å². The van der Waals surface area contributed by atoms with Crippen LogP contribution in [0.15, 0.2) is 6.07 Å². The minimum atomic E-state index is 0.0937. The first-order chi connectivity index (χ1) is 12.5. The summed E-state index contributed by atoms with van der Waals surface area (Å²) in [6, 6.07) is 2.39. The summed E-state index contributed by atoms with van der Waals surface area (Å²) in [5.74, 6) is 1.16. The van der Waals surface area contributed by atoms with Crippen molar-refractivity contribution in [2.45, 2.75) is 77.8 Å². The van der Waals surface area contributed by atoms with Crippen LogP contribution in [-0.4, -0.2) is 45.6 Å². The van der Waals surface area contributed by atoms with Gasteiger partial charge in [0.2, 0.25) is 5.91 Å². The van der Waals surface area contributed by atoms with Crippen LogP contribution in [0.4, 0.5) is 0 Å². The summed E-state index contributed by atoms with van der Waals surface area (Å²) in [6.07, 6.45) is 5.80. The zero-order valence-electron chi connectivity index (χ0n) is 16.3. The van der Waals surface area contributed by atoms with E-state index in [9.17, 15) is 9.59 Å². The van der Waals surface area contributed by atoms with Gasteiger partial charge in [0, 0.05) is 32.1 Å². The molecule has 0 spiro atoms. The second kappa shape index (κ2) is 8.23. The molecule has 2 amide bonds. The van der Waals surface area contributed by atoms with Crippen molar-refractivity contribution in [1.29, 1.82) is 0 Å². The van der Waals surface area contributed by atoms with Gasteiger partial charge in [0.05, 0.1) is 5.69 Å². The molecule has 26 heavy (non-hydrogen) atoms. The van der Waals surface area contributed by atoms with Crippen LogP contribution in [-0.2, 0) is 11.3 Å². The van der Waals surface area contributed by atoms with E-state index in [0.29, 0.717) is 36.5 Å². The highest BCUT2D eigenvalue weighted by molar-refractivity contribution is 5.92. The Bertz CT molecular complexity index is 640. The second-order valence-corrected chi connectivity index (χ2v) is 8.04. The molecule has 0 aromatic carbocycles. The monoisotopic (exact) mass is 360 g/mol. The molecular formula is C20H32N4O2. The van der Waals surface area contributed by atoms with E-state index in [1.54, 1.807) is 0 Å². The van der Waals surface area contributed by atoms with Crippen LogP contribution in [0, 0.1) is 5.92 Å². The molecule has 3 rings (SSSR count). The molecule has 0 radical (unpaired) electrons. The normalized spacial score (nSPS) is 18.4. The number of carbonyl (C=O) groups excluding carboxylic acids is 2. The molecule has 1 saturated carbocycles. The van der Waals surface area contributed by atoms with Crippen LogP contribution in [0.2, 0.25) is 0 Å². The Balaban J connectivity index is 1.49. The van der Waals surface area contributed by atoms with Crippen molar-refractivity contribution in [2.24, 2.45) is 5.92 Å². The zero-order valence-corrected chi connectivity index (χ0v) is 16.3. The van der Waals surface area contributed by atoms with Crippen molar-refractivity contribution >= 4 is 11.8 Å². The maximum atomic E-state index is 12.9. The number of hydrogen-bond donors (Lipinski definition) is 1. The minimum Gasteiger partial charge on any atom is -0.353 e. The molecule has 1 aromatic heterocycles. The second-order valence-electron chi connectivity index (χ2n) is 8.04. The van der Waals surface area contributed by atoms with E-state index in [-0.39, 0.29) is 11.8 Å². The van der Waals surface area contributed by atoms with Gasteiger partial charge in [-0.1, -0.05) is 13.8 Å². The Kier molecular flexibility index (Phi) is 5.99. The lowest BCUT2D eigenvalue weighted by Gasteiger charge is -2.32. The van der Waals surface area contributed by atoms with Crippen LogP contribution < -0.4 is 5.32 Å². The molecular weight excluding hydrogens is 328 g/mol. The fourth-order valence-corrected chi connectivity index (χ4v) is 3.58. The lowest BCUT2D eigenvalue weighted by atomic mass is 9.92. The first kappa shape index (κ1) is 18.9. The van der Waals surface area contributed by atoms with Crippen molar-refractivity contribution in [3.05, 3.63) is 17.5 Å². The van der Waals surface area contributed by atoms with Crippen LogP contribution in [0.3, 0.4) is 0 Å². The van der Waals surface area contributed by atoms with Gasteiger partial charge in [0.1, 0.15) is 5.69 Å². The maximum Gasteiger partial charge on any atom is 0.272 e. The molecule has 2 aliphatic rings. The average Bonchev–Trinajstić information content (AvgIpc) is 3.33. The summed E-state index contributed by atoms with van der Waals surface area (Å²) in [4.78, 5) is 26.7. The number of amides is 2. The number of rotatable bonds is 7. The molecule has 1 saturated heterocycles. The lowest BCUT2D eigenvalue weighted by molar-refractivity contribution is -0.121. The fraction of sp³-hybridized carbons (Fsp3) is 0.750. The fourth-order valence-electron chi connectivity index (χ4n) is 3.58. The number of piperidine rings is 1. The summed E-state index contributed by atoms with van der Waals surface area (Å²) in [5, 5.41) is 7.61. The van der Waals surface area contributed by atoms with Crippen LogP contribution in [0.1, 0.15) is 81.4 Å². The molecule has 0 unspecified atom stereocenters. The van der Waals surface area contributed by atoms with E-state index in [0.717, 1.165) is 50.9 Å². The number of carbonyl (C=O) groups is 2. The molecule has 2 fully saturated rings. The SMILES string of the molecule is CCn1nc(C(C)C)cc1C(=O)N1CCC(CCC(=O)NC2CC2)CC1. The number of hydrogen-bond acceptors (Lipinski definition) is 3. The Morgan fingerprint density at radius 3 is 2.50 bits per heavy atom. The van der Waals surface area contributed by atoms with E-state index in [2.05, 4.69) is 24.3 Å². The quantitative estimate of drug-likeness (QED) is 0.813. The molecule has 0 bridgehead atoms. The van der Waals surface area contributed by atoms with E-state index >= 15 is 0 Å². The standard InChI is InChI=1S/C20H32N4O2/c1-4-24-18(13-17(22-24)14(2)3)20(26)23-11-9-15(10-12-23)5-8-19(25)21-16-6-7-16/h13-16H,4-12H2,1-3H3,(H,21,25). The van der Waals surface area contributed by atoms with E-state index < -0.39 is 0 Å². The number of nitrogens with one attached hydrogen (secondary N) is 1. The third-order valence-electron chi connectivity index (χ3n) is 5.53. The predicted molar refractivity (Wildman–Crippen MR) is 101 cm³/mol. The van der Waals surface area contributed by atoms with Gasteiger partial charge in [-0.2, -0.15) is 5.10 Å². The molecule has 1 aromatic rings. The Labute approximate surface area is 156 Å². The van der Waals surface area contributed by atoms with Crippen LogP contribution in [0.25, 0.3) is 0 Å². The average molecular weight is 361 g/mol. The summed E-state index contributed by atoms with van der Waals surface area (Å²) in [6.45, 7) is 8.48. The van der Waals surface area contributed by atoms with Crippen molar-refractivity contribution in [3.63, 3.8) is 0 Å².